The predicted octanol–water partition coefficient (Wildman–Crippen LogP) is 2.26. The number of hydrogen-bond donors (Lipinski definition) is 4. The van der Waals surface area contributed by atoms with Gasteiger partial charge in [-0.2, -0.15) is 0 Å². The minimum Gasteiger partial charge on any atom is -0.481 e. The van der Waals surface area contributed by atoms with E-state index in [9.17, 15) is 24.2 Å². The Morgan fingerprint density at radius 1 is 1.27 bits per heavy atom. The minimum atomic E-state index is -1.74. The van der Waals surface area contributed by atoms with Crippen LogP contribution in [0.4, 0.5) is 4.39 Å². The van der Waals surface area contributed by atoms with E-state index in [1.54, 1.807) is 31.2 Å². The summed E-state index contributed by atoms with van der Waals surface area (Å²) in [5.74, 6) is -3.54. The van der Waals surface area contributed by atoms with Crippen LogP contribution in [0.15, 0.2) is 24.3 Å². The van der Waals surface area contributed by atoms with Gasteiger partial charge < -0.3 is 21.3 Å². The molecule has 0 aliphatic carbocycles. The monoisotopic (exact) mass is 386 g/mol. The molecule has 0 radical (unpaired) electrons. The highest BCUT2D eigenvalue weighted by Gasteiger charge is 2.66. The third-order valence-corrected chi connectivity index (χ3v) is 6.26. The third kappa shape index (κ3) is 2.78. The summed E-state index contributed by atoms with van der Waals surface area (Å²) in [5.41, 5.74) is 2.91. The fraction of sp³-hybridized carbons (Fsp3) is 0.556. The van der Waals surface area contributed by atoms with Gasteiger partial charge in [-0.15, -0.1) is 0 Å². The van der Waals surface area contributed by atoms with Crippen molar-refractivity contribution in [3.8, 4) is 0 Å². The summed E-state index contributed by atoms with van der Waals surface area (Å²) in [5, 5.41) is 23.3. The van der Waals surface area contributed by atoms with Crippen molar-refractivity contribution in [3.05, 3.63) is 34.9 Å². The van der Waals surface area contributed by atoms with E-state index in [2.05, 4.69) is 5.32 Å². The Labute approximate surface area is 156 Å². The maximum absolute atomic E-state index is 13.8. The topological polar surface area (TPSA) is 113 Å². The maximum Gasteiger partial charge on any atom is 0.311 e. The molecule has 0 bridgehead atoms. The Kier molecular flexibility index (Phi) is 5.95. The quantitative estimate of drug-likeness (QED) is 0.596. The zero-order valence-electron chi connectivity index (χ0n) is 14.7. The van der Waals surface area contributed by atoms with E-state index < -0.39 is 47.4 Å². The van der Waals surface area contributed by atoms with Crippen molar-refractivity contribution in [2.75, 3.05) is 13.2 Å². The third-order valence-electron chi connectivity index (χ3n) is 5.91. The molecule has 1 saturated heterocycles. The number of piperidine rings is 1. The smallest absolute Gasteiger partial charge is 0.311 e. The summed E-state index contributed by atoms with van der Waals surface area (Å²) in [6, 6.07) is 4.61. The first-order chi connectivity index (χ1) is 12.2. The zero-order chi connectivity index (χ0) is 19.7. The van der Waals surface area contributed by atoms with E-state index in [1.807, 2.05) is 0 Å². The molecule has 1 heterocycles. The Bertz CT molecular complexity index is 704. The molecule has 0 saturated carbocycles. The zero-order valence-corrected chi connectivity index (χ0v) is 15.5. The van der Waals surface area contributed by atoms with Gasteiger partial charge in [-0.05, 0) is 25.0 Å². The number of benzene rings is 1. The summed E-state index contributed by atoms with van der Waals surface area (Å²) >= 11 is 6.33. The first-order valence-electron chi connectivity index (χ1n) is 8.45. The SMILES string of the molecule is CCC1(C(=O)O)C(CN)NC(CF)C(C)(C(=O)O)C1c1ccccc1Cl. The predicted molar refractivity (Wildman–Crippen MR) is 96.0 cm³/mol. The van der Waals surface area contributed by atoms with E-state index in [0.29, 0.717) is 5.56 Å². The highest BCUT2D eigenvalue weighted by Crippen LogP contribution is 2.57. The van der Waals surface area contributed by atoms with Crippen LogP contribution in [0, 0.1) is 10.8 Å². The van der Waals surface area contributed by atoms with Crippen molar-refractivity contribution < 1.29 is 24.2 Å². The number of alkyl halides is 1. The maximum atomic E-state index is 13.8. The second-order valence-corrected chi connectivity index (χ2v) is 7.31. The van der Waals surface area contributed by atoms with E-state index in [-0.39, 0.29) is 18.0 Å². The molecule has 0 amide bonds. The molecule has 26 heavy (non-hydrogen) atoms. The van der Waals surface area contributed by atoms with Crippen LogP contribution < -0.4 is 11.1 Å². The van der Waals surface area contributed by atoms with Crippen LogP contribution in [-0.2, 0) is 9.59 Å². The highest BCUT2D eigenvalue weighted by atomic mass is 35.5. The average molecular weight is 387 g/mol. The Morgan fingerprint density at radius 3 is 2.31 bits per heavy atom. The molecule has 5 atom stereocenters. The van der Waals surface area contributed by atoms with Crippen molar-refractivity contribution in [3.63, 3.8) is 0 Å². The largest absolute Gasteiger partial charge is 0.481 e. The van der Waals surface area contributed by atoms with Gasteiger partial charge in [-0.1, -0.05) is 36.7 Å². The molecular weight excluding hydrogens is 363 g/mol. The van der Waals surface area contributed by atoms with Gasteiger partial charge in [0, 0.05) is 23.5 Å². The summed E-state index contributed by atoms with van der Waals surface area (Å²) in [6.07, 6.45) is 0.106. The van der Waals surface area contributed by atoms with Gasteiger partial charge in [-0.3, -0.25) is 9.59 Å². The molecule has 1 fully saturated rings. The number of carbonyl (C=O) groups is 2. The van der Waals surface area contributed by atoms with Gasteiger partial charge in [0.2, 0.25) is 0 Å². The number of halogens is 2. The Hall–Kier alpha value is -1.70. The molecule has 6 nitrogen and oxygen atoms in total. The number of hydrogen-bond acceptors (Lipinski definition) is 4. The van der Waals surface area contributed by atoms with Crippen molar-refractivity contribution >= 4 is 23.5 Å². The van der Waals surface area contributed by atoms with Gasteiger partial charge in [0.05, 0.1) is 16.9 Å². The van der Waals surface area contributed by atoms with Gasteiger partial charge in [-0.25, -0.2) is 4.39 Å². The molecule has 1 aromatic carbocycles. The van der Waals surface area contributed by atoms with Crippen molar-refractivity contribution in [2.24, 2.45) is 16.6 Å². The number of carboxylic acids is 2. The summed E-state index contributed by atoms with van der Waals surface area (Å²) in [6.45, 7) is 1.99. The molecule has 1 aliphatic heterocycles. The van der Waals surface area contributed by atoms with Gasteiger partial charge in [0.1, 0.15) is 6.67 Å². The number of nitrogens with one attached hydrogen (secondary N) is 1. The second-order valence-electron chi connectivity index (χ2n) is 6.90. The van der Waals surface area contributed by atoms with Crippen LogP contribution in [0.5, 0.6) is 0 Å². The molecule has 5 unspecified atom stereocenters. The van der Waals surface area contributed by atoms with Crippen molar-refractivity contribution in [1.82, 2.24) is 5.32 Å². The molecule has 2 rings (SSSR count). The molecular formula is C18H24ClFN2O4. The number of rotatable bonds is 6. The first kappa shape index (κ1) is 20.6. The van der Waals surface area contributed by atoms with Crippen LogP contribution >= 0.6 is 11.6 Å². The molecule has 1 aliphatic rings. The summed E-state index contributed by atoms with van der Waals surface area (Å²) < 4.78 is 13.8. The first-order valence-corrected chi connectivity index (χ1v) is 8.82. The van der Waals surface area contributed by atoms with Crippen LogP contribution in [-0.4, -0.2) is 47.5 Å². The lowest BCUT2D eigenvalue weighted by Crippen LogP contribution is -2.72. The summed E-state index contributed by atoms with van der Waals surface area (Å²) in [7, 11) is 0. The van der Waals surface area contributed by atoms with E-state index in [4.69, 9.17) is 17.3 Å². The Morgan fingerprint density at radius 2 is 1.88 bits per heavy atom. The van der Waals surface area contributed by atoms with Crippen LogP contribution in [0.25, 0.3) is 0 Å². The molecule has 144 valence electrons. The second kappa shape index (κ2) is 7.50. The molecule has 0 spiro atoms. The molecule has 8 heteroatoms. The summed E-state index contributed by atoms with van der Waals surface area (Å²) in [4.78, 5) is 24.7. The normalized spacial score (nSPS) is 34.4. The van der Waals surface area contributed by atoms with Crippen molar-refractivity contribution in [1.29, 1.82) is 0 Å². The highest BCUT2D eigenvalue weighted by molar-refractivity contribution is 6.31. The lowest BCUT2D eigenvalue weighted by atomic mass is 9.51. The average Bonchev–Trinajstić information content (AvgIpc) is 2.61. The molecule has 1 aromatic rings. The number of carboxylic acid groups (broad SMARTS) is 2. The van der Waals surface area contributed by atoms with Crippen LogP contribution in [0.3, 0.4) is 0 Å². The number of nitrogens with two attached hydrogens (primary N) is 1. The van der Waals surface area contributed by atoms with E-state index in [1.165, 1.54) is 6.92 Å². The van der Waals surface area contributed by atoms with E-state index in [0.717, 1.165) is 0 Å². The van der Waals surface area contributed by atoms with Gasteiger partial charge >= 0.3 is 11.9 Å². The lowest BCUT2D eigenvalue weighted by Gasteiger charge is -2.56. The standard InChI is InChI=1S/C18H24ClFN2O4/c1-3-18(16(25)26)13(9-21)22-12(8-20)17(2,15(23)24)14(18)10-6-4-5-7-11(10)19/h4-7,12-14,22H,3,8-9,21H2,1-2H3,(H,23,24)(H,25,26). The number of aliphatic carboxylic acids is 2. The van der Waals surface area contributed by atoms with E-state index >= 15 is 0 Å². The van der Waals surface area contributed by atoms with Crippen LogP contribution in [0.2, 0.25) is 5.02 Å². The lowest BCUT2D eigenvalue weighted by molar-refractivity contribution is -0.172. The minimum absolute atomic E-state index is 0.0761. The fourth-order valence-corrected chi connectivity index (χ4v) is 4.69. The fourth-order valence-electron chi connectivity index (χ4n) is 4.44. The van der Waals surface area contributed by atoms with Gasteiger partial charge in [0.15, 0.2) is 0 Å². The Balaban J connectivity index is 2.89. The van der Waals surface area contributed by atoms with Crippen molar-refractivity contribution in [2.45, 2.75) is 38.3 Å². The van der Waals surface area contributed by atoms with Crippen LogP contribution in [0.1, 0.15) is 31.7 Å². The van der Waals surface area contributed by atoms with Gasteiger partial charge in [0.25, 0.3) is 0 Å². The molecule has 0 aromatic heterocycles. The molecule has 5 N–H and O–H groups in total.